The summed E-state index contributed by atoms with van der Waals surface area (Å²) in [6.45, 7) is 39.9. The zero-order chi connectivity index (χ0) is 28.6. The fourth-order valence-electron chi connectivity index (χ4n) is 5.06. The first kappa shape index (κ1) is 35.0. The Bertz CT molecular complexity index is 754. The molecule has 1 rings (SSSR count). The van der Waals surface area contributed by atoms with Gasteiger partial charge in [-0.1, -0.05) is 147 Å². The molecule has 1 unspecified atom stereocenters. The number of rotatable bonds is 14. The number of allylic oxidation sites excluding steroid dienone is 1. The van der Waals surface area contributed by atoms with Crippen molar-refractivity contribution in [2.45, 2.75) is 148 Å². The van der Waals surface area contributed by atoms with Crippen molar-refractivity contribution >= 4 is 0 Å². The maximum atomic E-state index is 4.14. The van der Waals surface area contributed by atoms with Crippen LogP contribution in [0.3, 0.4) is 0 Å². The minimum Gasteiger partial charge on any atom is -0.103 e. The summed E-state index contributed by atoms with van der Waals surface area (Å²) in [5.41, 5.74) is 3.09. The van der Waals surface area contributed by atoms with E-state index in [2.05, 4.69) is 133 Å². The van der Waals surface area contributed by atoms with E-state index in [0.29, 0.717) is 22.2 Å². The SMILES string of the molecule is C=CC(C)(C)C(C)(C)CCC(C)(C)C(CC(C)(C)CCC(C)(C)C(C)(C)CC)c1ccccc1.CC. The summed E-state index contributed by atoms with van der Waals surface area (Å²) in [6.07, 6.45) is 9.61. The van der Waals surface area contributed by atoms with Crippen molar-refractivity contribution < 1.29 is 0 Å². The predicted octanol–water partition coefficient (Wildman–Crippen LogP) is 12.5. The lowest BCUT2D eigenvalue weighted by Gasteiger charge is -2.46. The predicted molar refractivity (Wildman–Crippen MR) is 167 cm³/mol. The molecule has 36 heavy (non-hydrogen) atoms. The van der Waals surface area contributed by atoms with Crippen LogP contribution in [-0.2, 0) is 0 Å². The largest absolute Gasteiger partial charge is 0.103 e. The Hall–Kier alpha value is -1.04. The van der Waals surface area contributed by atoms with Crippen molar-refractivity contribution in [3.05, 3.63) is 48.6 Å². The van der Waals surface area contributed by atoms with E-state index >= 15 is 0 Å². The fourth-order valence-corrected chi connectivity index (χ4v) is 5.06. The van der Waals surface area contributed by atoms with Crippen LogP contribution >= 0.6 is 0 Å². The Balaban J connectivity index is 0.00000596. The summed E-state index contributed by atoms with van der Waals surface area (Å²) < 4.78 is 0. The summed E-state index contributed by atoms with van der Waals surface area (Å²) in [5.74, 6) is 0.550. The third-order valence-electron chi connectivity index (χ3n) is 10.7. The standard InChI is InChI=1S/C34H60.C2H6/c1-15-31(7,8)33(11,12)24-22-29(3,4)26-28(27-20-18-17-19-21-27)30(5,6)23-25-34(13,14)32(9,10)16-2;1-2/h16-21,28H,2,15,22-26H2,1,3-14H3;1-2H3. The molecule has 0 radical (unpaired) electrons. The van der Waals surface area contributed by atoms with Gasteiger partial charge in [0.15, 0.2) is 0 Å². The molecule has 210 valence electrons. The van der Waals surface area contributed by atoms with Crippen molar-refractivity contribution in [2.24, 2.45) is 32.5 Å². The highest BCUT2D eigenvalue weighted by Crippen LogP contribution is 2.52. The molecule has 1 aromatic rings. The van der Waals surface area contributed by atoms with Gasteiger partial charge in [-0.05, 0) is 76.1 Å². The molecule has 0 nitrogen and oxygen atoms in total. The number of hydrogen-bond donors (Lipinski definition) is 0. The second kappa shape index (κ2) is 13.2. The van der Waals surface area contributed by atoms with Gasteiger partial charge in [-0.15, -0.1) is 6.58 Å². The van der Waals surface area contributed by atoms with Gasteiger partial charge < -0.3 is 0 Å². The van der Waals surface area contributed by atoms with E-state index in [4.69, 9.17) is 0 Å². The van der Waals surface area contributed by atoms with E-state index in [1.54, 1.807) is 0 Å². The van der Waals surface area contributed by atoms with Gasteiger partial charge in [0, 0.05) is 0 Å². The Morgan fingerprint density at radius 3 is 1.58 bits per heavy atom. The van der Waals surface area contributed by atoms with Gasteiger partial charge in [0.25, 0.3) is 0 Å². The monoisotopic (exact) mass is 499 g/mol. The molecule has 1 aromatic carbocycles. The average molecular weight is 499 g/mol. The number of hydrogen-bond acceptors (Lipinski definition) is 0. The van der Waals surface area contributed by atoms with Crippen LogP contribution in [0.2, 0.25) is 0 Å². The maximum Gasteiger partial charge on any atom is -0.0106 e. The summed E-state index contributed by atoms with van der Waals surface area (Å²) in [6, 6.07) is 11.3. The molecule has 0 aromatic heterocycles. The topological polar surface area (TPSA) is 0 Å². The molecule has 1 atom stereocenters. The second-order valence-electron chi connectivity index (χ2n) is 15.3. The average Bonchev–Trinajstić information content (AvgIpc) is 2.82. The number of benzene rings is 1. The smallest absolute Gasteiger partial charge is 0.0106 e. The fraction of sp³-hybridized carbons (Fsp3) is 0.778. The molecular formula is C36H66. The highest BCUT2D eigenvalue weighted by Gasteiger charge is 2.41. The Morgan fingerprint density at radius 1 is 0.667 bits per heavy atom. The quantitative estimate of drug-likeness (QED) is 0.224. The van der Waals surface area contributed by atoms with Crippen LogP contribution in [-0.4, -0.2) is 0 Å². The summed E-state index contributed by atoms with van der Waals surface area (Å²) in [4.78, 5) is 0. The molecular weight excluding hydrogens is 432 g/mol. The minimum absolute atomic E-state index is 0.127. The first-order valence-electron chi connectivity index (χ1n) is 14.9. The van der Waals surface area contributed by atoms with E-state index in [1.807, 2.05) is 13.8 Å². The van der Waals surface area contributed by atoms with E-state index in [-0.39, 0.29) is 16.2 Å². The van der Waals surface area contributed by atoms with Crippen LogP contribution in [0.25, 0.3) is 0 Å². The van der Waals surface area contributed by atoms with E-state index in [9.17, 15) is 0 Å². The van der Waals surface area contributed by atoms with Gasteiger partial charge in [0.05, 0.1) is 0 Å². The Morgan fingerprint density at radius 2 is 1.14 bits per heavy atom. The van der Waals surface area contributed by atoms with Crippen LogP contribution < -0.4 is 0 Å². The van der Waals surface area contributed by atoms with Crippen LogP contribution in [0.4, 0.5) is 0 Å². The van der Waals surface area contributed by atoms with Gasteiger partial charge >= 0.3 is 0 Å². The summed E-state index contributed by atoms with van der Waals surface area (Å²) >= 11 is 0. The molecule has 0 spiro atoms. The minimum atomic E-state index is 0.127. The van der Waals surface area contributed by atoms with Crippen molar-refractivity contribution in [3.63, 3.8) is 0 Å². The molecule has 0 heterocycles. The molecule has 0 fully saturated rings. The summed E-state index contributed by atoms with van der Waals surface area (Å²) in [5, 5.41) is 0. The lowest BCUT2D eigenvalue weighted by atomic mass is 9.59. The van der Waals surface area contributed by atoms with E-state index in [1.165, 1.54) is 44.1 Å². The van der Waals surface area contributed by atoms with Crippen LogP contribution in [0.1, 0.15) is 154 Å². The lowest BCUT2D eigenvalue weighted by Crippen LogP contribution is -2.35. The van der Waals surface area contributed by atoms with Crippen molar-refractivity contribution in [1.82, 2.24) is 0 Å². The molecule has 0 saturated carbocycles. The lowest BCUT2D eigenvalue weighted by molar-refractivity contribution is 0.0665. The molecule has 0 N–H and O–H groups in total. The normalized spacial score (nSPS) is 14.6. The van der Waals surface area contributed by atoms with E-state index < -0.39 is 0 Å². The summed E-state index contributed by atoms with van der Waals surface area (Å²) in [7, 11) is 0. The zero-order valence-electron chi connectivity index (χ0n) is 27.5. The molecule has 0 heteroatoms. The zero-order valence-corrected chi connectivity index (χ0v) is 27.5. The molecule has 0 aliphatic heterocycles. The van der Waals surface area contributed by atoms with Crippen molar-refractivity contribution in [2.75, 3.05) is 0 Å². The first-order valence-corrected chi connectivity index (χ1v) is 14.9. The van der Waals surface area contributed by atoms with Gasteiger partial charge in [-0.3, -0.25) is 0 Å². The van der Waals surface area contributed by atoms with Gasteiger partial charge in [-0.2, -0.15) is 0 Å². The highest BCUT2D eigenvalue weighted by molar-refractivity contribution is 5.22. The molecule has 0 bridgehead atoms. The van der Waals surface area contributed by atoms with Crippen LogP contribution in [0.15, 0.2) is 43.0 Å². The third-order valence-corrected chi connectivity index (χ3v) is 10.7. The molecule has 0 aliphatic carbocycles. The third kappa shape index (κ3) is 9.36. The van der Waals surface area contributed by atoms with Gasteiger partial charge in [-0.25, -0.2) is 0 Å². The maximum absolute atomic E-state index is 4.14. The molecule has 0 amide bonds. The highest BCUT2D eigenvalue weighted by atomic mass is 14.5. The molecule has 0 saturated heterocycles. The molecule has 0 aliphatic rings. The van der Waals surface area contributed by atoms with Crippen molar-refractivity contribution in [1.29, 1.82) is 0 Å². The Kier molecular flexibility index (Phi) is 12.8. The van der Waals surface area contributed by atoms with Crippen LogP contribution in [0, 0.1) is 32.5 Å². The van der Waals surface area contributed by atoms with Gasteiger partial charge in [0.2, 0.25) is 0 Å². The van der Waals surface area contributed by atoms with Gasteiger partial charge in [0.1, 0.15) is 0 Å². The first-order chi connectivity index (χ1) is 16.2. The van der Waals surface area contributed by atoms with Crippen molar-refractivity contribution in [3.8, 4) is 0 Å². The van der Waals surface area contributed by atoms with Crippen LogP contribution in [0.5, 0.6) is 0 Å². The van der Waals surface area contributed by atoms with E-state index in [0.717, 1.165) is 0 Å². The Labute approximate surface area is 229 Å². The second-order valence-corrected chi connectivity index (χ2v) is 15.3.